The molecule has 0 saturated carbocycles. The van der Waals surface area contributed by atoms with E-state index >= 15 is 0 Å². The Bertz CT molecular complexity index is 885. The summed E-state index contributed by atoms with van der Waals surface area (Å²) in [6.07, 6.45) is 5.57. The zero-order valence-corrected chi connectivity index (χ0v) is 15.7. The third-order valence-corrected chi connectivity index (χ3v) is 4.70. The highest BCUT2D eigenvalue weighted by atomic mass is 19.1. The Hall–Kier alpha value is -2.95. The summed E-state index contributed by atoms with van der Waals surface area (Å²) in [6.45, 7) is 2.12. The molecule has 0 unspecified atom stereocenters. The monoisotopic (exact) mass is 365 g/mol. The molecule has 0 spiro atoms. The molecule has 3 rings (SSSR count). The molecule has 1 heterocycles. The molecule has 1 N–H and O–H groups in total. The molecule has 0 bridgehead atoms. The average Bonchev–Trinajstić information content (AvgIpc) is 3.11. The summed E-state index contributed by atoms with van der Waals surface area (Å²) in [5, 5.41) is 3.04. The average molecular weight is 365 g/mol. The highest BCUT2D eigenvalue weighted by Gasteiger charge is 2.20. The van der Waals surface area contributed by atoms with Gasteiger partial charge in [0.15, 0.2) is 0 Å². The SMILES string of the molecule is CCc1ccc(CCC(=O)N[C@H](c2ccc(F)cc2)c2nccn2C)cc1. The Morgan fingerprint density at radius 1 is 1.11 bits per heavy atom. The van der Waals surface area contributed by atoms with Gasteiger partial charge in [0.1, 0.15) is 17.7 Å². The third-order valence-electron chi connectivity index (χ3n) is 4.70. The van der Waals surface area contributed by atoms with Crippen LogP contribution < -0.4 is 5.32 Å². The van der Waals surface area contributed by atoms with E-state index in [0.29, 0.717) is 18.7 Å². The van der Waals surface area contributed by atoms with Gasteiger partial charge in [-0.15, -0.1) is 0 Å². The van der Waals surface area contributed by atoms with E-state index in [-0.39, 0.29) is 11.7 Å². The molecule has 0 aliphatic rings. The quantitative estimate of drug-likeness (QED) is 0.689. The van der Waals surface area contributed by atoms with E-state index in [1.165, 1.54) is 17.7 Å². The summed E-state index contributed by atoms with van der Waals surface area (Å²) in [7, 11) is 1.88. The van der Waals surface area contributed by atoms with Gasteiger partial charge in [0.2, 0.25) is 5.91 Å². The smallest absolute Gasteiger partial charge is 0.221 e. The minimum Gasteiger partial charge on any atom is -0.342 e. The van der Waals surface area contributed by atoms with Crippen molar-refractivity contribution in [2.45, 2.75) is 32.2 Å². The Balaban J connectivity index is 1.70. The Kier molecular flexibility index (Phi) is 6.01. The van der Waals surface area contributed by atoms with E-state index in [2.05, 4.69) is 41.5 Å². The van der Waals surface area contributed by atoms with Gasteiger partial charge >= 0.3 is 0 Å². The van der Waals surface area contributed by atoms with Crippen LogP contribution in [0.2, 0.25) is 0 Å². The molecule has 0 aliphatic heterocycles. The lowest BCUT2D eigenvalue weighted by Crippen LogP contribution is -2.31. The fraction of sp³-hybridized carbons (Fsp3) is 0.273. The molecule has 0 aliphatic carbocycles. The topological polar surface area (TPSA) is 46.9 Å². The largest absolute Gasteiger partial charge is 0.342 e. The zero-order valence-electron chi connectivity index (χ0n) is 15.7. The summed E-state index contributed by atoms with van der Waals surface area (Å²) in [6, 6.07) is 14.1. The number of nitrogens with zero attached hydrogens (tertiary/aromatic N) is 2. The molecule has 140 valence electrons. The number of imidazole rings is 1. The van der Waals surface area contributed by atoms with Crippen molar-refractivity contribution >= 4 is 5.91 Å². The van der Waals surface area contributed by atoms with E-state index in [1.54, 1.807) is 18.3 Å². The van der Waals surface area contributed by atoms with Gasteiger partial charge in [-0.1, -0.05) is 43.3 Å². The first kappa shape index (κ1) is 18.8. The fourth-order valence-corrected chi connectivity index (χ4v) is 3.04. The summed E-state index contributed by atoms with van der Waals surface area (Å²) in [5.74, 6) is 0.341. The summed E-state index contributed by atoms with van der Waals surface area (Å²) in [5.41, 5.74) is 3.22. The van der Waals surface area contributed by atoms with Gasteiger partial charge in [-0.3, -0.25) is 4.79 Å². The maximum Gasteiger partial charge on any atom is 0.221 e. The van der Waals surface area contributed by atoms with Gasteiger partial charge in [-0.05, 0) is 41.7 Å². The van der Waals surface area contributed by atoms with Gasteiger partial charge in [0.25, 0.3) is 0 Å². The molecule has 3 aromatic rings. The summed E-state index contributed by atoms with van der Waals surface area (Å²) < 4.78 is 15.1. The van der Waals surface area contributed by atoms with E-state index in [0.717, 1.165) is 17.5 Å². The number of aryl methyl sites for hydroxylation is 3. The highest BCUT2D eigenvalue weighted by molar-refractivity contribution is 5.77. The van der Waals surface area contributed by atoms with Crippen molar-refractivity contribution in [1.29, 1.82) is 0 Å². The first-order valence-corrected chi connectivity index (χ1v) is 9.16. The second-order valence-corrected chi connectivity index (χ2v) is 6.62. The number of hydrogen-bond acceptors (Lipinski definition) is 2. The number of nitrogens with one attached hydrogen (secondary N) is 1. The minimum atomic E-state index is -0.416. The van der Waals surface area contributed by atoms with Crippen LogP contribution in [0.1, 0.15) is 41.9 Å². The van der Waals surface area contributed by atoms with Crippen LogP contribution in [0.4, 0.5) is 4.39 Å². The minimum absolute atomic E-state index is 0.0631. The number of benzene rings is 2. The molecule has 4 nitrogen and oxygen atoms in total. The predicted molar refractivity (Wildman–Crippen MR) is 104 cm³/mol. The lowest BCUT2D eigenvalue weighted by molar-refractivity contribution is -0.121. The maximum absolute atomic E-state index is 13.3. The lowest BCUT2D eigenvalue weighted by atomic mass is 10.0. The molecule has 0 fully saturated rings. The summed E-state index contributed by atoms with van der Waals surface area (Å²) in [4.78, 5) is 16.9. The Labute approximate surface area is 159 Å². The standard InChI is InChI=1S/C22H24FN3O/c1-3-16-4-6-17(7-5-16)8-13-20(27)25-21(22-24-14-15-26(22)2)18-9-11-19(23)12-10-18/h4-7,9-12,14-15,21H,3,8,13H2,1-2H3,(H,25,27)/t21-/m1/s1. The van der Waals surface area contributed by atoms with Crippen LogP contribution in [0.5, 0.6) is 0 Å². The summed E-state index contributed by atoms with van der Waals surface area (Å²) >= 11 is 0. The van der Waals surface area contributed by atoms with Crippen molar-refractivity contribution in [3.05, 3.63) is 89.3 Å². The third kappa shape index (κ3) is 4.82. The molecule has 2 aromatic carbocycles. The van der Waals surface area contributed by atoms with Gasteiger partial charge in [0, 0.05) is 25.9 Å². The normalized spacial score (nSPS) is 12.0. The first-order valence-electron chi connectivity index (χ1n) is 9.16. The van der Waals surface area contributed by atoms with E-state index in [1.807, 2.05) is 17.8 Å². The molecule has 5 heteroatoms. The van der Waals surface area contributed by atoms with Gasteiger partial charge in [-0.2, -0.15) is 0 Å². The molecule has 1 atom stereocenters. The van der Waals surface area contributed by atoms with Crippen LogP contribution in [0.15, 0.2) is 60.9 Å². The van der Waals surface area contributed by atoms with Gasteiger partial charge in [-0.25, -0.2) is 9.37 Å². The van der Waals surface area contributed by atoms with Crippen LogP contribution in [-0.4, -0.2) is 15.5 Å². The number of carbonyl (C=O) groups excluding carboxylic acids is 1. The molecular formula is C22H24FN3O. The number of aromatic nitrogens is 2. The molecule has 1 amide bonds. The van der Waals surface area contributed by atoms with Crippen LogP contribution in [-0.2, 0) is 24.7 Å². The lowest BCUT2D eigenvalue weighted by Gasteiger charge is -2.19. The van der Waals surface area contributed by atoms with Crippen molar-refractivity contribution in [2.75, 3.05) is 0 Å². The van der Waals surface area contributed by atoms with Crippen molar-refractivity contribution in [2.24, 2.45) is 7.05 Å². The van der Waals surface area contributed by atoms with Crippen LogP contribution in [0, 0.1) is 5.82 Å². The number of hydrogen-bond donors (Lipinski definition) is 1. The second kappa shape index (κ2) is 8.62. The van der Waals surface area contributed by atoms with Crippen LogP contribution in [0.3, 0.4) is 0 Å². The van der Waals surface area contributed by atoms with Crippen LogP contribution >= 0.6 is 0 Å². The van der Waals surface area contributed by atoms with E-state index in [4.69, 9.17) is 0 Å². The van der Waals surface area contributed by atoms with Gasteiger partial charge in [0.05, 0.1) is 0 Å². The molecule has 0 radical (unpaired) electrons. The van der Waals surface area contributed by atoms with Crippen molar-refractivity contribution < 1.29 is 9.18 Å². The van der Waals surface area contributed by atoms with Gasteiger partial charge < -0.3 is 9.88 Å². The number of rotatable bonds is 7. The van der Waals surface area contributed by atoms with E-state index < -0.39 is 6.04 Å². The van der Waals surface area contributed by atoms with Crippen molar-refractivity contribution in [3.63, 3.8) is 0 Å². The Morgan fingerprint density at radius 2 is 1.78 bits per heavy atom. The van der Waals surface area contributed by atoms with Crippen molar-refractivity contribution in [3.8, 4) is 0 Å². The zero-order chi connectivity index (χ0) is 19.2. The van der Waals surface area contributed by atoms with Crippen molar-refractivity contribution in [1.82, 2.24) is 14.9 Å². The predicted octanol–water partition coefficient (Wildman–Crippen LogP) is 3.96. The number of carbonyl (C=O) groups is 1. The molecule has 27 heavy (non-hydrogen) atoms. The fourth-order valence-electron chi connectivity index (χ4n) is 3.04. The second-order valence-electron chi connectivity index (χ2n) is 6.62. The Morgan fingerprint density at radius 3 is 2.37 bits per heavy atom. The molecule has 1 aromatic heterocycles. The number of halogens is 1. The highest BCUT2D eigenvalue weighted by Crippen LogP contribution is 2.21. The molecular weight excluding hydrogens is 341 g/mol. The maximum atomic E-state index is 13.3. The number of amides is 1. The first-order chi connectivity index (χ1) is 13.1. The van der Waals surface area contributed by atoms with Crippen LogP contribution in [0.25, 0.3) is 0 Å². The molecule has 0 saturated heterocycles. The van der Waals surface area contributed by atoms with E-state index in [9.17, 15) is 9.18 Å².